The molecular formula is C20H21ClN2O4S. The molecule has 1 amide bonds. The SMILES string of the molecule is CCOCCn1c(=NC(=O)c2ccc(OC)c(OC)c2)sc2cc(Cl)ccc21. The number of methoxy groups -OCH3 is 2. The van der Waals surface area contributed by atoms with Crippen molar-refractivity contribution in [3.63, 3.8) is 0 Å². The molecule has 1 aromatic heterocycles. The minimum Gasteiger partial charge on any atom is -0.493 e. The van der Waals surface area contributed by atoms with E-state index in [1.165, 1.54) is 18.4 Å². The van der Waals surface area contributed by atoms with Crippen molar-refractivity contribution < 1.29 is 19.0 Å². The lowest BCUT2D eigenvalue weighted by Crippen LogP contribution is -2.19. The molecule has 28 heavy (non-hydrogen) atoms. The highest BCUT2D eigenvalue weighted by Crippen LogP contribution is 2.28. The van der Waals surface area contributed by atoms with E-state index >= 15 is 0 Å². The lowest BCUT2D eigenvalue weighted by atomic mass is 10.2. The van der Waals surface area contributed by atoms with Crippen LogP contribution in [0.15, 0.2) is 41.4 Å². The van der Waals surface area contributed by atoms with Gasteiger partial charge in [0.2, 0.25) is 0 Å². The van der Waals surface area contributed by atoms with Gasteiger partial charge in [-0.05, 0) is 43.3 Å². The van der Waals surface area contributed by atoms with E-state index in [4.69, 9.17) is 25.8 Å². The van der Waals surface area contributed by atoms with Crippen LogP contribution in [0, 0.1) is 0 Å². The second kappa shape index (κ2) is 9.23. The van der Waals surface area contributed by atoms with E-state index in [0.717, 1.165) is 10.2 Å². The Bertz CT molecular complexity index is 1060. The van der Waals surface area contributed by atoms with Gasteiger partial charge in [0.25, 0.3) is 5.91 Å². The molecule has 8 heteroatoms. The Labute approximate surface area is 171 Å². The zero-order valence-electron chi connectivity index (χ0n) is 15.9. The number of thiazole rings is 1. The van der Waals surface area contributed by atoms with Crippen molar-refractivity contribution in [2.45, 2.75) is 13.5 Å². The summed E-state index contributed by atoms with van der Waals surface area (Å²) in [6.45, 7) is 3.70. The van der Waals surface area contributed by atoms with Gasteiger partial charge in [-0.2, -0.15) is 4.99 Å². The summed E-state index contributed by atoms with van der Waals surface area (Å²) >= 11 is 7.54. The molecule has 0 radical (unpaired) electrons. The number of carbonyl (C=O) groups is 1. The largest absolute Gasteiger partial charge is 0.493 e. The molecule has 3 rings (SSSR count). The zero-order chi connectivity index (χ0) is 20.1. The van der Waals surface area contributed by atoms with Gasteiger partial charge in [-0.15, -0.1) is 0 Å². The number of halogens is 1. The van der Waals surface area contributed by atoms with Crippen molar-refractivity contribution >= 4 is 39.1 Å². The Balaban J connectivity index is 2.04. The fourth-order valence-corrected chi connectivity index (χ4v) is 4.10. The Morgan fingerprint density at radius 3 is 2.64 bits per heavy atom. The molecule has 0 N–H and O–H groups in total. The molecule has 0 saturated carbocycles. The van der Waals surface area contributed by atoms with Crippen molar-refractivity contribution in [3.8, 4) is 11.5 Å². The van der Waals surface area contributed by atoms with Crippen LogP contribution in [0.3, 0.4) is 0 Å². The number of carbonyl (C=O) groups excluding carboxylic acids is 1. The number of benzene rings is 2. The van der Waals surface area contributed by atoms with Gasteiger partial charge in [-0.1, -0.05) is 22.9 Å². The first-order chi connectivity index (χ1) is 13.6. The summed E-state index contributed by atoms with van der Waals surface area (Å²) in [5.41, 5.74) is 1.39. The number of ether oxygens (including phenoxy) is 3. The quantitative estimate of drug-likeness (QED) is 0.538. The molecule has 0 aliphatic heterocycles. The fraction of sp³-hybridized carbons (Fsp3) is 0.300. The molecule has 0 unspecified atom stereocenters. The van der Waals surface area contributed by atoms with E-state index in [9.17, 15) is 4.79 Å². The molecule has 0 spiro atoms. The molecule has 6 nitrogen and oxygen atoms in total. The third-order valence-corrected chi connectivity index (χ3v) is 5.41. The lowest BCUT2D eigenvalue weighted by molar-refractivity contribution is 0.0996. The minimum absolute atomic E-state index is 0.358. The van der Waals surface area contributed by atoms with E-state index in [0.29, 0.717) is 46.6 Å². The standard InChI is InChI=1S/C20H21ClN2O4S/c1-4-27-10-9-23-15-7-6-14(21)12-18(15)28-20(23)22-19(24)13-5-8-16(25-2)17(11-13)26-3/h5-8,11-12H,4,9-10H2,1-3H3. The van der Waals surface area contributed by atoms with Crippen LogP contribution in [-0.4, -0.2) is 37.9 Å². The van der Waals surface area contributed by atoms with Crippen LogP contribution in [0.1, 0.15) is 17.3 Å². The molecule has 0 atom stereocenters. The van der Waals surface area contributed by atoms with Gasteiger partial charge >= 0.3 is 0 Å². The van der Waals surface area contributed by atoms with Crippen LogP contribution in [0.5, 0.6) is 11.5 Å². The smallest absolute Gasteiger partial charge is 0.279 e. The summed E-state index contributed by atoms with van der Waals surface area (Å²) in [7, 11) is 3.08. The molecule has 0 aliphatic rings. The normalized spacial score (nSPS) is 11.8. The second-order valence-corrected chi connectivity index (χ2v) is 7.28. The third kappa shape index (κ3) is 4.38. The summed E-state index contributed by atoms with van der Waals surface area (Å²) in [4.78, 5) is 17.7. The number of hydrogen-bond acceptors (Lipinski definition) is 5. The van der Waals surface area contributed by atoms with Gasteiger partial charge in [0.15, 0.2) is 16.3 Å². The first kappa shape index (κ1) is 20.4. The summed E-state index contributed by atoms with van der Waals surface area (Å²) in [5.74, 6) is 0.682. The minimum atomic E-state index is -0.358. The predicted molar refractivity (Wildman–Crippen MR) is 111 cm³/mol. The van der Waals surface area contributed by atoms with Gasteiger partial charge in [0.05, 0.1) is 31.0 Å². The summed E-state index contributed by atoms with van der Waals surface area (Å²) in [5, 5.41) is 0.642. The highest BCUT2D eigenvalue weighted by Gasteiger charge is 2.12. The number of aromatic nitrogens is 1. The van der Waals surface area contributed by atoms with Crippen molar-refractivity contribution in [2.24, 2.45) is 4.99 Å². The maximum Gasteiger partial charge on any atom is 0.279 e. The fourth-order valence-electron chi connectivity index (χ4n) is 2.77. The number of rotatable bonds is 7. The second-order valence-electron chi connectivity index (χ2n) is 5.83. The van der Waals surface area contributed by atoms with Crippen LogP contribution in [-0.2, 0) is 11.3 Å². The van der Waals surface area contributed by atoms with Crippen LogP contribution >= 0.6 is 22.9 Å². The van der Waals surface area contributed by atoms with Crippen molar-refractivity contribution in [2.75, 3.05) is 27.4 Å². The number of amides is 1. The summed E-state index contributed by atoms with van der Waals surface area (Å²) < 4.78 is 18.9. The van der Waals surface area contributed by atoms with E-state index in [2.05, 4.69) is 4.99 Å². The highest BCUT2D eigenvalue weighted by atomic mass is 35.5. The van der Waals surface area contributed by atoms with Gasteiger partial charge in [0.1, 0.15) is 0 Å². The third-order valence-electron chi connectivity index (χ3n) is 4.14. The Kier molecular flexibility index (Phi) is 6.72. The van der Waals surface area contributed by atoms with E-state index < -0.39 is 0 Å². The van der Waals surface area contributed by atoms with Gasteiger partial charge in [-0.25, -0.2) is 0 Å². The summed E-state index contributed by atoms with van der Waals surface area (Å²) in [6, 6.07) is 10.6. The lowest BCUT2D eigenvalue weighted by Gasteiger charge is -2.08. The average Bonchev–Trinajstić information content (AvgIpc) is 3.03. The van der Waals surface area contributed by atoms with Gasteiger partial charge in [0, 0.05) is 23.7 Å². The van der Waals surface area contributed by atoms with Gasteiger partial charge in [-0.3, -0.25) is 4.79 Å². The Hall–Kier alpha value is -2.35. The van der Waals surface area contributed by atoms with E-state index in [1.54, 1.807) is 25.3 Å². The van der Waals surface area contributed by atoms with Crippen LogP contribution in [0.4, 0.5) is 0 Å². The van der Waals surface area contributed by atoms with Crippen molar-refractivity contribution in [1.29, 1.82) is 0 Å². The van der Waals surface area contributed by atoms with Gasteiger partial charge < -0.3 is 18.8 Å². The Morgan fingerprint density at radius 1 is 1.14 bits per heavy atom. The van der Waals surface area contributed by atoms with Crippen LogP contribution < -0.4 is 14.3 Å². The summed E-state index contributed by atoms with van der Waals surface area (Å²) in [6.07, 6.45) is 0. The monoisotopic (exact) mass is 420 g/mol. The van der Waals surface area contributed by atoms with Crippen LogP contribution in [0.25, 0.3) is 10.2 Å². The molecule has 3 aromatic rings. The topological polar surface area (TPSA) is 62.1 Å². The highest BCUT2D eigenvalue weighted by molar-refractivity contribution is 7.16. The number of hydrogen-bond donors (Lipinski definition) is 0. The van der Waals surface area contributed by atoms with E-state index in [1.807, 2.05) is 29.7 Å². The predicted octanol–water partition coefficient (Wildman–Crippen LogP) is 4.15. The maximum atomic E-state index is 12.8. The van der Waals surface area contributed by atoms with Crippen molar-refractivity contribution in [3.05, 3.63) is 51.8 Å². The molecule has 0 bridgehead atoms. The maximum absolute atomic E-state index is 12.8. The molecule has 0 fully saturated rings. The Morgan fingerprint density at radius 2 is 1.93 bits per heavy atom. The first-order valence-electron chi connectivity index (χ1n) is 8.75. The molecule has 1 heterocycles. The molecule has 0 saturated heterocycles. The van der Waals surface area contributed by atoms with Crippen molar-refractivity contribution in [1.82, 2.24) is 4.57 Å². The number of nitrogens with zero attached hydrogens (tertiary/aromatic N) is 2. The molecular weight excluding hydrogens is 400 g/mol. The molecule has 148 valence electrons. The first-order valence-corrected chi connectivity index (χ1v) is 9.94. The average molecular weight is 421 g/mol. The molecule has 0 aliphatic carbocycles. The molecule has 2 aromatic carbocycles. The van der Waals surface area contributed by atoms with Crippen LogP contribution in [0.2, 0.25) is 5.02 Å². The number of fused-ring (bicyclic) bond motifs is 1. The van der Waals surface area contributed by atoms with E-state index in [-0.39, 0.29) is 5.91 Å². The zero-order valence-corrected chi connectivity index (χ0v) is 17.5.